The van der Waals surface area contributed by atoms with Gasteiger partial charge in [-0.1, -0.05) is 44.2 Å². The van der Waals surface area contributed by atoms with Crippen LogP contribution in [-0.4, -0.2) is 21.7 Å². The zero-order chi connectivity index (χ0) is 14.5. The lowest BCUT2D eigenvalue weighted by molar-refractivity contribution is 0.345. The van der Waals surface area contributed by atoms with Gasteiger partial charge in [-0.2, -0.15) is 5.10 Å². The molecule has 1 aromatic heterocycles. The number of H-pyrrole nitrogens is 1. The smallest absolute Gasteiger partial charge is 0.183 e. The fraction of sp³-hybridized carbons (Fsp3) is 0.529. The number of hydrogen-bond acceptors (Lipinski definition) is 3. The van der Waals surface area contributed by atoms with Crippen LogP contribution in [0.5, 0.6) is 0 Å². The van der Waals surface area contributed by atoms with E-state index in [2.05, 4.69) is 38.7 Å². The lowest BCUT2D eigenvalue weighted by atomic mass is 9.87. The van der Waals surface area contributed by atoms with Crippen LogP contribution in [0, 0.1) is 12.8 Å². The summed E-state index contributed by atoms with van der Waals surface area (Å²) < 4.78 is 0. The molecule has 0 spiro atoms. The van der Waals surface area contributed by atoms with Crippen molar-refractivity contribution in [2.75, 3.05) is 11.9 Å². The second kappa shape index (κ2) is 6.74. The highest BCUT2D eigenvalue weighted by Crippen LogP contribution is 2.28. The fourth-order valence-electron chi connectivity index (χ4n) is 3.18. The minimum Gasteiger partial charge on any atom is -0.384 e. The Balaban J connectivity index is 1.62. The van der Waals surface area contributed by atoms with Gasteiger partial charge < -0.3 is 5.32 Å². The zero-order valence-corrected chi connectivity index (χ0v) is 12.7. The SMILES string of the molecule is Cc1nc(-c2ccccc2NCCC2CCCCC2)n[nH]1. The molecule has 0 radical (unpaired) electrons. The molecule has 4 heteroatoms. The average Bonchev–Trinajstić information content (AvgIpc) is 2.95. The minimum absolute atomic E-state index is 0.772. The quantitative estimate of drug-likeness (QED) is 0.866. The highest BCUT2D eigenvalue weighted by Gasteiger charge is 2.13. The van der Waals surface area contributed by atoms with E-state index >= 15 is 0 Å². The first kappa shape index (κ1) is 14.1. The van der Waals surface area contributed by atoms with E-state index in [-0.39, 0.29) is 0 Å². The summed E-state index contributed by atoms with van der Waals surface area (Å²) in [4.78, 5) is 4.43. The van der Waals surface area contributed by atoms with Crippen LogP contribution < -0.4 is 5.32 Å². The molecular formula is C17H24N4. The number of nitrogens with one attached hydrogen (secondary N) is 2. The number of para-hydroxylation sites is 1. The van der Waals surface area contributed by atoms with Crippen molar-refractivity contribution < 1.29 is 0 Å². The van der Waals surface area contributed by atoms with Crippen molar-refractivity contribution in [3.05, 3.63) is 30.1 Å². The van der Waals surface area contributed by atoms with Gasteiger partial charge >= 0.3 is 0 Å². The van der Waals surface area contributed by atoms with Gasteiger partial charge in [-0.25, -0.2) is 4.98 Å². The van der Waals surface area contributed by atoms with E-state index in [0.717, 1.165) is 35.4 Å². The molecular weight excluding hydrogens is 260 g/mol. The Labute approximate surface area is 126 Å². The summed E-state index contributed by atoms with van der Waals surface area (Å²) in [6, 6.07) is 8.28. The highest BCUT2D eigenvalue weighted by atomic mass is 15.2. The largest absolute Gasteiger partial charge is 0.384 e. The summed E-state index contributed by atoms with van der Waals surface area (Å²) in [6.07, 6.45) is 8.33. The number of benzene rings is 1. The maximum Gasteiger partial charge on any atom is 0.183 e. The molecule has 1 aliphatic carbocycles. The molecule has 0 aliphatic heterocycles. The first-order valence-corrected chi connectivity index (χ1v) is 8.05. The van der Waals surface area contributed by atoms with Crippen LogP contribution in [0.15, 0.2) is 24.3 Å². The Kier molecular flexibility index (Phi) is 4.53. The molecule has 1 saturated carbocycles. The number of hydrogen-bond donors (Lipinski definition) is 2. The van der Waals surface area contributed by atoms with Crippen LogP contribution in [0.3, 0.4) is 0 Å². The van der Waals surface area contributed by atoms with E-state index < -0.39 is 0 Å². The van der Waals surface area contributed by atoms with Gasteiger partial charge in [0.1, 0.15) is 5.82 Å². The van der Waals surface area contributed by atoms with Gasteiger partial charge in [0, 0.05) is 17.8 Å². The highest BCUT2D eigenvalue weighted by molar-refractivity contribution is 5.73. The molecule has 3 rings (SSSR count). The van der Waals surface area contributed by atoms with Crippen LogP contribution in [0.25, 0.3) is 11.4 Å². The predicted molar refractivity (Wildman–Crippen MR) is 86.2 cm³/mol. The van der Waals surface area contributed by atoms with Crippen LogP contribution in [0.1, 0.15) is 44.3 Å². The van der Waals surface area contributed by atoms with Crippen LogP contribution in [0.4, 0.5) is 5.69 Å². The zero-order valence-electron chi connectivity index (χ0n) is 12.7. The molecule has 1 aromatic carbocycles. The molecule has 21 heavy (non-hydrogen) atoms. The average molecular weight is 284 g/mol. The van der Waals surface area contributed by atoms with E-state index in [0.29, 0.717) is 0 Å². The Hall–Kier alpha value is -1.84. The summed E-state index contributed by atoms with van der Waals surface area (Å²) in [5.41, 5.74) is 2.21. The van der Waals surface area contributed by atoms with E-state index in [4.69, 9.17) is 0 Å². The van der Waals surface area contributed by atoms with Gasteiger partial charge in [-0.3, -0.25) is 5.10 Å². The van der Waals surface area contributed by atoms with Crippen LogP contribution in [-0.2, 0) is 0 Å². The first-order valence-electron chi connectivity index (χ1n) is 8.05. The number of aromatic amines is 1. The second-order valence-electron chi connectivity index (χ2n) is 6.01. The Morgan fingerprint density at radius 2 is 2.00 bits per heavy atom. The van der Waals surface area contributed by atoms with Crippen LogP contribution in [0.2, 0.25) is 0 Å². The number of nitrogens with zero attached hydrogens (tertiary/aromatic N) is 2. The molecule has 1 heterocycles. The molecule has 0 atom stereocenters. The Bertz CT molecular complexity index is 570. The van der Waals surface area contributed by atoms with Crippen molar-refractivity contribution in [2.24, 2.45) is 5.92 Å². The normalized spacial score (nSPS) is 16.0. The maximum atomic E-state index is 4.43. The molecule has 112 valence electrons. The predicted octanol–water partition coefficient (Wildman–Crippen LogP) is 4.16. The number of aromatic nitrogens is 3. The minimum atomic E-state index is 0.772. The molecule has 2 N–H and O–H groups in total. The topological polar surface area (TPSA) is 53.6 Å². The maximum absolute atomic E-state index is 4.43. The lowest BCUT2D eigenvalue weighted by Gasteiger charge is -2.22. The van der Waals surface area contributed by atoms with Gasteiger partial charge in [0.25, 0.3) is 0 Å². The van der Waals surface area contributed by atoms with Gasteiger partial charge in [0.05, 0.1) is 0 Å². The van der Waals surface area contributed by atoms with E-state index in [9.17, 15) is 0 Å². The molecule has 0 unspecified atom stereocenters. The summed E-state index contributed by atoms with van der Waals surface area (Å²) in [6.45, 7) is 2.96. The standard InChI is InChI=1S/C17H24N4/c1-13-19-17(21-20-13)15-9-5-6-10-16(15)18-12-11-14-7-3-2-4-8-14/h5-6,9-10,14,18H,2-4,7-8,11-12H2,1H3,(H,19,20,21). The van der Waals surface area contributed by atoms with Crippen molar-refractivity contribution in [2.45, 2.75) is 45.4 Å². The molecule has 1 fully saturated rings. The summed E-state index contributed by atoms with van der Waals surface area (Å²) in [7, 11) is 0. The molecule has 1 aliphatic rings. The van der Waals surface area contributed by atoms with Gasteiger partial charge in [0.2, 0.25) is 0 Å². The Morgan fingerprint density at radius 3 is 2.76 bits per heavy atom. The number of rotatable bonds is 5. The summed E-state index contributed by atoms with van der Waals surface area (Å²) in [5, 5.41) is 10.8. The van der Waals surface area contributed by atoms with Gasteiger partial charge in [0.15, 0.2) is 5.82 Å². The van der Waals surface area contributed by atoms with Crippen LogP contribution >= 0.6 is 0 Å². The third-order valence-corrected chi connectivity index (χ3v) is 4.36. The van der Waals surface area contributed by atoms with Crippen molar-refractivity contribution in [3.63, 3.8) is 0 Å². The van der Waals surface area contributed by atoms with Crippen molar-refractivity contribution in [3.8, 4) is 11.4 Å². The van der Waals surface area contributed by atoms with Crippen molar-refractivity contribution in [1.29, 1.82) is 0 Å². The first-order chi connectivity index (χ1) is 10.3. The summed E-state index contributed by atoms with van der Waals surface area (Å²) >= 11 is 0. The Morgan fingerprint density at radius 1 is 1.19 bits per heavy atom. The fourth-order valence-corrected chi connectivity index (χ4v) is 3.18. The van der Waals surface area contributed by atoms with Gasteiger partial charge in [-0.05, 0) is 31.4 Å². The molecule has 0 amide bonds. The molecule has 0 saturated heterocycles. The molecule has 2 aromatic rings. The molecule has 4 nitrogen and oxygen atoms in total. The third-order valence-electron chi connectivity index (χ3n) is 4.36. The number of aryl methyl sites for hydroxylation is 1. The van der Waals surface area contributed by atoms with Crippen molar-refractivity contribution in [1.82, 2.24) is 15.2 Å². The van der Waals surface area contributed by atoms with Crippen molar-refractivity contribution >= 4 is 5.69 Å². The summed E-state index contributed by atoms with van der Waals surface area (Å²) in [5.74, 6) is 2.53. The number of anilines is 1. The van der Waals surface area contributed by atoms with E-state index in [1.807, 2.05) is 13.0 Å². The van der Waals surface area contributed by atoms with E-state index in [1.165, 1.54) is 38.5 Å². The lowest BCUT2D eigenvalue weighted by Crippen LogP contribution is -2.12. The van der Waals surface area contributed by atoms with E-state index in [1.54, 1.807) is 0 Å². The molecule has 0 bridgehead atoms. The third kappa shape index (κ3) is 3.63. The van der Waals surface area contributed by atoms with Gasteiger partial charge in [-0.15, -0.1) is 0 Å². The monoisotopic (exact) mass is 284 g/mol. The second-order valence-corrected chi connectivity index (χ2v) is 6.01.